The summed E-state index contributed by atoms with van der Waals surface area (Å²) in [6, 6.07) is 6.87. The Morgan fingerprint density at radius 3 is 2.32 bits per heavy atom. The number of carbonyl (C=O) groups excluding carboxylic acids is 3. The van der Waals surface area contributed by atoms with E-state index in [-0.39, 0.29) is 36.0 Å². The number of carbonyl (C=O) groups is 3. The second-order valence-electron chi connectivity index (χ2n) is 11.4. The smallest absolute Gasteiger partial charge is 0.253 e. The number of hydrogen-bond donors (Lipinski definition) is 2. The Labute approximate surface area is 233 Å². The average molecular weight is 549 g/mol. The van der Waals surface area contributed by atoms with E-state index in [9.17, 15) is 19.5 Å². The minimum atomic E-state index is -0.840. The Hall–Kier alpha value is -2.16. The van der Waals surface area contributed by atoms with Gasteiger partial charge in [0.1, 0.15) is 11.6 Å². The maximum atomic E-state index is 13.7. The number of likely N-dealkylation sites (tertiary alicyclic amines) is 1. The van der Waals surface area contributed by atoms with Crippen molar-refractivity contribution in [2.75, 3.05) is 33.7 Å². The normalized spacial score (nSPS) is 23.1. The zero-order valence-electron chi connectivity index (χ0n) is 23.2. The lowest BCUT2D eigenvalue weighted by Gasteiger charge is -2.52. The molecule has 0 unspecified atom stereocenters. The molecule has 9 heteroatoms. The van der Waals surface area contributed by atoms with Crippen molar-refractivity contribution in [3.05, 3.63) is 35.4 Å². The molecule has 0 aromatic heterocycles. The fourth-order valence-corrected chi connectivity index (χ4v) is 6.31. The molecular weight excluding hydrogens is 504 g/mol. The lowest BCUT2D eigenvalue weighted by atomic mass is 9.78. The molecule has 38 heavy (non-hydrogen) atoms. The highest BCUT2D eigenvalue weighted by atomic mass is 35.5. The topological polar surface area (TPSA) is 93.2 Å². The number of amides is 3. The molecule has 1 spiro atoms. The molecule has 3 fully saturated rings. The van der Waals surface area contributed by atoms with Crippen LogP contribution in [0.1, 0.15) is 80.6 Å². The van der Waals surface area contributed by atoms with Crippen LogP contribution >= 0.6 is 12.4 Å². The molecule has 212 valence electrons. The Balaban J connectivity index is 0.00000400. The van der Waals surface area contributed by atoms with Crippen LogP contribution in [0.5, 0.6) is 0 Å². The van der Waals surface area contributed by atoms with E-state index in [1.165, 1.54) is 6.42 Å². The Bertz CT molecular complexity index is 956. The van der Waals surface area contributed by atoms with Crippen molar-refractivity contribution < 1.29 is 19.5 Å². The molecule has 8 nitrogen and oxygen atoms in total. The van der Waals surface area contributed by atoms with Crippen LogP contribution in [-0.4, -0.2) is 88.9 Å². The largest absolute Gasteiger partial charge is 0.390 e. The molecule has 2 atom stereocenters. The summed E-state index contributed by atoms with van der Waals surface area (Å²) in [6.45, 7) is 4.79. The van der Waals surface area contributed by atoms with Gasteiger partial charge in [0.2, 0.25) is 11.8 Å². The summed E-state index contributed by atoms with van der Waals surface area (Å²) < 4.78 is 0. The summed E-state index contributed by atoms with van der Waals surface area (Å²) >= 11 is 0. The molecule has 0 bridgehead atoms. The van der Waals surface area contributed by atoms with Gasteiger partial charge < -0.3 is 20.2 Å². The number of aliphatic hydroxyl groups excluding tert-OH is 1. The molecule has 2 N–H and O–H groups in total. The second-order valence-corrected chi connectivity index (χ2v) is 11.4. The number of piperazine rings is 1. The molecule has 1 aromatic rings. The lowest BCUT2D eigenvalue weighted by Crippen LogP contribution is -2.75. The Kier molecular flexibility index (Phi) is 10.6. The van der Waals surface area contributed by atoms with E-state index in [2.05, 4.69) is 17.1 Å². The van der Waals surface area contributed by atoms with Crippen molar-refractivity contribution in [3.8, 4) is 0 Å². The summed E-state index contributed by atoms with van der Waals surface area (Å²) in [4.78, 5) is 45.3. The van der Waals surface area contributed by atoms with Crippen molar-refractivity contribution in [3.63, 3.8) is 0 Å². The molecule has 2 aliphatic heterocycles. The number of unbranched alkanes of at least 4 members (excludes halogenated alkanes) is 1. The van der Waals surface area contributed by atoms with Gasteiger partial charge >= 0.3 is 0 Å². The zero-order chi connectivity index (χ0) is 26.6. The Morgan fingerprint density at radius 1 is 1.11 bits per heavy atom. The van der Waals surface area contributed by atoms with Crippen molar-refractivity contribution in [2.24, 2.45) is 5.92 Å². The second kappa shape index (κ2) is 13.3. The maximum absolute atomic E-state index is 13.7. The number of rotatable bonds is 8. The first-order chi connectivity index (χ1) is 17.8. The number of hydrogen-bond acceptors (Lipinski definition) is 5. The van der Waals surface area contributed by atoms with Gasteiger partial charge in [-0.15, -0.1) is 12.4 Å². The van der Waals surface area contributed by atoms with E-state index < -0.39 is 17.7 Å². The van der Waals surface area contributed by atoms with E-state index in [4.69, 9.17) is 0 Å². The molecular formula is C29H45ClN4O4. The molecule has 1 aliphatic carbocycles. The molecule has 2 heterocycles. The molecule has 0 radical (unpaired) electrons. The number of benzene rings is 1. The fraction of sp³-hybridized carbons (Fsp3) is 0.690. The minimum absolute atomic E-state index is 0. The molecule has 2 saturated heterocycles. The first kappa shape index (κ1) is 30.4. The Morgan fingerprint density at radius 2 is 1.74 bits per heavy atom. The van der Waals surface area contributed by atoms with E-state index in [0.717, 1.165) is 50.6 Å². The van der Waals surface area contributed by atoms with Gasteiger partial charge in [-0.1, -0.05) is 44.7 Å². The third kappa shape index (κ3) is 6.35. The monoisotopic (exact) mass is 548 g/mol. The van der Waals surface area contributed by atoms with Crippen molar-refractivity contribution in [2.45, 2.75) is 88.9 Å². The quantitative estimate of drug-likeness (QED) is 0.520. The summed E-state index contributed by atoms with van der Waals surface area (Å²) in [5.41, 5.74) is 0.947. The van der Waals surface area contributed by atoms with Crippen molar-refractivity contribution in [1.82, 2.24) is 20.0 Å². The van der Waals surface area contributed by atoms with Crippen LogP contribution in [-0.2, 0) is 16.1 Å². The van der Waals surface area contributed by atoms with E-state index >= 15 is 0 Å². The van der Waals surface area contributed by atoms with Gasteiger partial charge in [-0.3, -0.25) is 19.3 Å². The first-order valence-corrected chi connectivity index (χ1v) is 14.1. The van der Waals surface area contributed by atoms with Crippen LogP contribution in [0.4, 0.5) is 0 Å². The van der Waals surface area contributed by atoms with E-state index in [1.54, 1.807) is 19.0 Å². The molecule has 4 rings (SSSR count). The SMILES string of the molecule is CCCCN1C(=O)[C@@H]([C@H](O)C2CCCCC2)NC(=O)C12CCN(Cc1ccc(C(=O)N(C)C)cc1)CC2.Cl. The maximum Gasteiger partial charge on any atom is 0.253 e. The van der Waals surface area contributed by atoms with Gasteiger partial charge in [0, 0.05) is 45.8 Å². The third-order valence-electron chi connectivity index (χ3n) is 8.66. The fourth-order valence-electron chi connectivity index (χ4n) is 6.31. The van der Waals surface area contributed by atoms with Gasteiger partial charge in [-0.2, -0.15) is 0 Å². The number of aliphatic hydroxyl groups is 1. The van der Waals surface area contributed by atoms with Gasteiger partial charge in [0.25, 0.3) is 5.91 Å². The predicted molar refractivity (Wildman–Crippen MR) is 150 cm³/mol. The number of nitrogens with one attached hydrogen (secondary N) is 1. The zero-order valence-corrected chi connectivity index (χ0v) is 24.0. The van der Waals surface area contributed by atoms with Crippen molar-refractivity contribution in [1.29, 1.82) is 0 Å². The predicted octanol–water partition coefficient (Wildman–Crippen LogP) is 3.21. The molecule has 3 amide bonds. The average Bonchev–Trinajstić information content (AvgIpc) is 2.92. The molecule has 1 saturated carbocycles. The third-order valence-corrected chi connectivity index (χ3v) is 8.66. The van der Waals surface area contributed by atoms with Crippen LogP contribution in [0.3, 0.4) is 0 Å². The van der Waals surface area contributed by atoms with Crippen LogP contribution in [0.15, 0.2) is 24.3 Å². The van der Waals surface area contributed by atoms with Gasteiger partial charge in [-0.05, 0) is 55.7 Å². The molecule has 3 aliphatic rings. The highest BCUT2D eigenvalue weighted by Gasteiger charge is 2.55. The van der Waals surface area contributed by atoms with Crippen LogP contribution < -0.4 is 5.32 Å². The number of nitrogens with zero attached hydrogens (tertiary/aromatic N) is 3. The first-order valence-electron chi connectivity index (χ1n) is 14.1. The van der Waals surface area contributed by atoms with E-state index in [0.29, 0.717) is 38.0 Å². The van der Waals surface area contributed by atoms with Gasteiger partial charge in [0.05, 0.1) is 6.10 Å². The number of halogens is 1. The highest BCUT2D eigenvalue weighted by Crippen LogP contribution is 2.36. The van der Waals surface area contributed by atoms with Crippen LogP contribution in [0, 0.1) is 5.92 Å². The van der Waals surface area contributed by atoms with Crippen molar-refractivity contribution >= 4 is 30.1 Å². The highest BCUT2D eigenvalue weighted by molar-refractivity contribution is 6.00. The molecule has 1 aromatic carbocycles. The number of piperidine rings is 1. The minimum Gasteiger partial charge on any atom is -0.390 e. The summed E-state index contributed by atoms with van der Waals surface area (Å²) in [5, 5.41) is 14.1. The summed E-state index contributed by atoms with van der Waals surface area (Å²) in [6.07, 6.45) is 7.28. The van der Waals surface area contributed by atoms with Crippen LogP contribution in [0.25, 0.3) is 0 Å². The summed E-state index contributed by atoms with van der Waals surface area (Å²) in [7, 11) is 3.49. The van der Waals surface area contributed by atoms with Crippen LogP contribution in [0.2, 0.25) is 0 Å². The van der Waals surface area contributed by atoms with Gasteiger partial charge in [0.15, 0.2) is 0 Å². The van der Waals surface area contributed by atoms with Gasteiger partial charge in [-0.25, -0.2) is 0 Å². The van der Waals surface area contributed by atoms with E-state index in [1.807, 2.05) is 29.2 Å². The lowest BCUT2D eigenvalue weighted by molar-refractivity contribution is -0.166. The standard InChI is InChI=1S/C29H44N4O4.ClH/c1-4-5-17-33-27(36)24(25(34)22-9-7-6-8-10-22)30-28(37)29(33)15-18-32(19-16-29)20-21-11-13-23(14-12-21)26(35)31(2)3;/h11-14,22,24-25,34H,4-10,15-20H2,1-3H3,(H,30,37);1H/t24-,25-;/m1./s1. The summed E-state index contributed by atoms with van der Waals surface area (Å²) in [5.74, 6) is -0.153.